The highest BCUT2D eigenvalue weighted by Gasteiger charge is 2.12. The van der Waals surface area contributed by atoms with Gasteiger partial charge in [0.1, 0.15) is 5.03 Å². The van der Waals surface area contributed by atoms with Crippen molar-refractivity contribution in [2.75, 3.05) is 0 Å². The molecule has 0 saturated carbocycles. The zero-order valence-electron chi connectivity index (χ0n) is 11.0. The first-order valence-electron chi connectivity index (χ1n) is 5.97. The van der Waals surface area contributed by atoms with Crippen molar-refractivity contribution in [1.29, 1.82) is 0 Å². The number of para-hydroxylation sites is 1. The fraction of sp³-hybridized carbons (Fsp3) is 0.0833. The minimum atomic E-state index is 0.0338. The van der Waals surface area contributed by atoms with Crippen molar-refractivity contribution in [2.45, 2.75) is 10.2 Å². The molecule has 9 heteroatoms. The van der Waals surface area contributed by atoms with Gasteiger partial charge in [-0.1, -0.05) is 23.4 Å². The highest BCUT2D eigenvalue weighted by atomic mass is 32.2. The molecule has 0 aliphatic rings. The number of oxime groups is 1. The number of pyridine rings is 1. The van der Waals surface area contributed by atoms with Gasteiger partial charge in [-0.2, -0.15) is 0 Å². The number of hydrogen-bond donors (Lipinski definition) is 2. The monoisotopic (exact) mass is 301 g/mol. The van der Waals surface area contributed by atoms with Crippen LogP contribution in [0.1, 0.15) is 5.56 Å². The van der Waals surface area contributed by atoms with E-state index in [1.807, 2.05) is 24.3 Å². The predicted octanol–water partition coefficient (Wildman–Crippen LogP) is 1.00. The summed E-state index contributed by atoms with van der Waals surface area (Å²) in [5, 5.41) is 25.3. The number of nitrogens with two attached hydrogens (primary N) is 1. The summed E-state index contributed by atoms with van der Waals surface area (Å²) < 4.78 is 1.55. The van der Waals surface area contributed by atoms with E-state index in [0.717, 1.165) is 10.9 Å². The maximum atomic E-state index is 8.94. The van der Waals surface area contributed by atoms with Crippen molar-refractivity contribution in [1.82, 2.24) is 25.2 Å². The molecule has 21 heavy (non-hydrogen) atoms. The van der Waals surface area contributed by atoms with Crippen LogP contribution in [0.15, 0.2) is 45.7 Å². The van der Waals surface area contributed by atoms with Gasteiger partial charge in [0.15, 0.2) is 5.84 Å². The summed E-state index contributed by atoms with van der Waals surface area (Å²) in [6, 6.07) is 9.23. The Morgan fingerprint density at radius 1 is 1.38 bits per heavy atom. The fourth-order valence-corrected chi connectivity index (χ4v) is 2.62. The van der Waals surface area contributed by atoms with Crippen LogP contribution < -0.4 is 5.73 Å². The number of hydrogen-bond acceptors (Lipinski definition) is 7. The molecular weight excluding hydrogens is 290 g/mol. The topological polar surface area (TPSA) is 115 Å². The third-order valence-electron chi connectivity index (χ3n) is 2.85. The fourth-order valence-electron chi connectivity index (χ4n) is 1.87. The van der Waals surface area contributed by atoms with Crippen LogP contribution >= 0.6 is 11.8 Å². The quantitative estimate of drug-likeness (QED) is 0.321. The van der Waals surface area contributed by atoms with Gasteiger partial charge in [-0.05, 0) is 34.3 Å². The number of benzene rings is 1. The summed E-state index contributed by atoms with van der Waals surface area (Å²) in [6.45, 7) is 0. The lowest BCUT2D eigenvalue weighted by atomic mass is 10.1. The maximum absolute atomic E-state index is 8.94. The summed E-state index contributed by atoms with van der Waals surface area (Å²) in [5.41, 5.74) is 7.11. The highest BCUT2D eigenvalue weighted by Crippen LogP contribution is 2.27. The first-order valence-corrected chi connectivity index (χ1v) is 6.78. The van der Waals surface area contributed by atoms with Crippen molar-refractivity contribution in [3.8, 4) is 0 Å². The van der Waals surface area contributed by atoms with Crippen LogP contribution in [-0.4, -0.2) is 36.2 Å². The second-order valence-corrected chi connectivity index (χ2v) is 5.19. The molecule has 0 bridgehead atoms. The van der Waals surface area contributed by atoms with Crippen molar-refractivity contribution >= 4 is 28.5 Å². The van der Waals surface area contributed by atoms with Crippen LogP contribution in [0.25, 0.3) is 10.9 Å². The lowest BCUT2D eigenvalue weighted by Crippen LogP contribution is -2.14. The van der Waals surface area contributed by atoms with Crippen LogP contribution in [0.4, 0.5) is 0 Å². The largest absolute Gasteiger partial charge is 0.409 e. The van der Waals surface area contributed by atoms with E-state index in [1.165, 1.54) is 11.8 Å². The number of rotatable bonds is 3. The molecule has 0 unspecified atom stereocenters. The van der Waals surface area contributed by atoms with Gasteiger partial charge < -0.3 is 10.9 Å². The SMILES string of the molecule is Cn1nnnc1Sc1cc(C(N)=NO)c2ccccc2n1. The first-order chi connectivity index (χ1) is 10.2. The molecule has 106 valence electrons. The van der Waals surface area contributed by atoms with Crippen molar-refractivity contribution in [2.24, 2.45) is 17.9 Å². The molecule has 0 radical (unpaired) electrons. The Balaban J connectivity index is 2.14. The highest BCUT2D eigenvalue weighted by molar-refractivity contribution is 7.99. The molecular formula is C12H11N7OS. The van der Waals surface area contributed by atoms with E-state index >= 15 is 0 Å². The van der Waals surface area contributed by atoms with Gasteiger partial charge in [-0.15, -0.1) is 5.10 Å². The number of tetrazole rings is 1. The van der Waals surface area contributed by atoms with Crippen LogP contribution in [0.3, 0.4) is 0 Å². The minimum absolute atomic E-state index is 0.0338. The Hall–Kier alpha value is -2.68. The summed E-state index contributed by atoms with van der Waals surface area (Å²) >= 11 is 1.30. The Morgan fingerprint density at radius 2 is 2.19 bits per heavy atom. The molecule has 3 N–H and O–H groups in total. The normalized spacial score (nSPS) is 12.0. The molecule has 0 amide bonds. The second-order valence-electron chi connectivity index (χ2n) is 4.20. The van der Waals surface area contributed by atoms with Crippen LogP contribution in [-0.2, 0) is 7.05 Å². The van der Waals surface area contributed by atoms with E-state index in [2.05, 4.69) is 25.7 Å². The molecule has 2 aromatic heterocycles. The smallest absolute Gasteiger partial charge is 0.215 e. The van der Waals surface area contributed by atoms with E-state index in [4.69, 9.17) is 10.9 Å². The predicted molar refractivity (Wildman–Crippen MR) is 77.2 cm³/mol. The number of aromatic nitrogens is 5. The average Bonchev–Trinajstić information content (AvgIpc) is 2.91. The van der Waals surface area contributed by atoms with Gasteiger partial charge >= 0.3 is 0 Å². The molecule has 8 nitrogen and oxygen atoms in total. The van der Waals surface area contributed by atoms with Crippen molar-refractivity contribution in [3.63, 3.8) is 0 Å². The Morgan fingerprint density at radius 3 is 2.90 bits per heavy atom. The van der Waals surface area contributed by atoms with Gasteiger partial charge in [0.25, 0.3) is 0 Å². The van der Waals surface area contributed by atoms with Crippen LogP contribution in [0, 0.1) is 0 Å². The third-order valence-corrected chi connectivity index (χ3v) is 3.80. The molecule has 0 aliphatic carbocycles. The first kappa shape index (κ1) is 13.3. The van der Waals surface area contributed by atoms with Gasteiger partial charge in [0, 0.05) is 18.0 Å². The standard InChI is InChI=1S/C12H11N7OS/c1-19-12(15-17-18-19)21-10-6-8(11(13)16-20)7-4-2-3-5-9(7)14-10/h2-6,20H,1H3,(H2,13,16). The molecule has 0 aliphatic heterocycles. The molecule has 3 rings (SSSR count). The molecule has 2 heterocycles. The molecule has 0 atom stereocenters. The summed E-state index contributed by atoms with van der Waals surface area (Å²) in [7, 11) is 1.74. The summed E-state index contributed by atoms with van der Waals surface area (Å²) in [4.78, 5) is 4.53. The zero-order chi connectivity index (χ0) is 14.8. The number of nitrogens with zero attached hydrogens (tertiary/aromatic N) is 6. The minimum Gasteiger partial charge on any atom is -0.409 e. The van der Waals surface area contributed by atoms with Gasteiger partial charge in [0.2, 0.25) is 5.16 Å². The van der Waals surface area contributed by atoms with E-state index in [-0.39, 0.29) is 5.84 Å². The second kappa shape index (κ2) is 5.37. The Labute approximate surface area is 123 Å². The van der Waals surface area contributed by atoms with E-state index in [0.29, 0.717) is 15.7 Å². The lowest BCUT2D eigenvalue weighted by molar-refractivity contribution is 0.318. The lowest BCUT2D eigenvalue weighted by Gasteiger charge is -2.07. The molecule has 0 fully saturated rings. The van der Waals surface area contributed by atoms with Gasteiger partial charge in [-0.3, -0.25) is 0 Å². The van der Waals surface area contributed by atoms with Crippen molar-refractivity contribution in [3.05, 3.63) is 35.9 Å². The Bertz CT molecular complexity index is 829. The van der Waals surface area contributed by atoms with E-state index in [9.17, 15) is 0 Å². The average molecular weight is 301 g/mol. The number of fused-ring (bicyclic) bond motifs is 1. The van der Waals surface area contributed by atoms with Crippen molar-refractivity contribution < 1.29 is 5.21 Å². The molecule has 0 saturated heterocycles. The van der Waals surface area contributed by atoms with E-state index < -0.39 is 0 Å². The number of amidine groups is 1. The third kappa shape index (κ3) is 2.50. The van der Waals surface area contributed by atoms with Crippen LogP contribution in [0.2, 0.25) is 0 Å². The Kier molecular flexibility index (Phi) is 3.40. The molecule has 3 aromatic rings. The molecule has 0 spiro atoms. The van der Waals surface area contributed by atoms with Gasteiger partial charge in [0.05, 0.1) is 5.52 Å². The number of aryl methyl sites for hydroxylation is 1. The summed E-state index contributed by atoms with van der Waals surface area (Å²) in [6.07, 6.45) is 0. The maximum Gasteiger partial charge on any atom is 0.215 e. The molecule has 1 aromatic carbocycles. The van der Waals surface area contributed by atoms with Crippen LogP contribution in [0.5, 0.6) is 0 Å². The summed E-state index contributed by atoms with van der Waals surface area (Å²) in [5.74, 6) is 0.0338. The van der Waals surface area contributed by atoms with E-state index in [1.54, 1.807) is 17.8 Å². The van der Waals surface area contributed by atoms with Gasteiger partial charge in [-0.25, -0.2) is 9.67 Å². The zero-order valence-corrected chi connectivity index (χ0v) is 11.8.